The van der Waals surface area contributed by atoms with Gasteiger partial charge in [-0.25, -0.2) is 0 Å². The molecule has 0 heterocycles. The number of rotatable bonds is 3. The molecule has 2 aliphatic rings. The summed E-state index contributed by atoms with van der Waals surface area (Å²) in [5.74, 6) is -0.103. The van der Waals surface area contributed by atoms with Crippen LogP contribution in [0.4, 0.5) is 0 Å². The van der Waals surface area contributed by atoms with Crippen LogP contribution in [0.15, 0.2) is 0 Å². The predicted octanol–water partition coefficient (Wildman–Crippen LogP) is 2.00. The summed E-state index contributed by atoms with van der Waals surface area (Å²) in [7, 11) is 1.73. The van der Waals surface area contributed by atoms with Gasteiger partial charge in [0.25, 0.3) is 0 Å². The summed E-state index contributed by atoms with van der Waals surface area (Å²) in [5.41, 5.74) is 5.58. The van der Waals surface area contributed by atoms with Gasteiger partial charge in [-0.05, 0) is 39.0 Å². The first kappa shape index (κ1) is 13.8. The Hall–Kier alpha value is -0.610. The average Bonchev–Trinajstić information content (AvgIpc) is 2.71. The first-order valence-corrected chi connectivity index (χ1v) is 7.05. The first-order valence-electron chi connectivity index (χ1n) is 7.05. The number of hydrogen-bond acceptors (Lipinski definition) is 4. The molecule has 2 saturated carbocycles. The van der Waals surface area contributed by atoms with Crippen molar-refractivity contribution in [3.63, 3.8) is 0 Å². The van der Waals surface area contributed by atoms with E-state index in [1.54, 1.807) is 7.11 Å². The molecule has 18 heavy (non-hydrogen) atoms. The number of methoxy groups -OCH3 is 1. The lowest BCUT2D eigenvalue weighted by Gasteiger charge is -2.32. The van der Waals surface area contributed by atoms with Crippen LogP contribution >= 0.6 is 0 Å². The number of hydrogen-bond donors (Lipinski definition) is 1. The molecule has 0 bridgehead atoms. The summed E-state index contributed by atoms with van der Waals surface area (Å²) in [6.45, 7) is 1.95. The van der Waals surface area contributed by atoms with Crippen molar-refractivity contribution in [1.29, 1.82) is 0 Å². The maximum atomic E-state index is 12.3. The zero-order valence-corrected chi connectivity index (χ0v) is 11.5. The van der Waals surface area contributed by atoms with Gasteiger partial charge in [-0.3, -0.25) is 4.79 Å². The fourth-order valence-corrected chi connectivity index (χ4v) is 3.16. The van der Waals surface area contributed by atoms with Crippen molar-refractivity contribution in [3.05, 3.63) is 0 Å². The van der Waals surface area contributed by atoms with Crippen LogP contribution in [0.2, 0.25) is 0 Å². The van der Waals surface area contributed by atoms with Crippen molar-refractivity contribution in [3.8, 4) is 0 Å². The molecule has 2 N–H and O–H groups in total. The van der Waals surface area contributed by atoms with Crippen LogP contribution < -0.4 is 5.73 Å². The summed E-state index contributed by atoms with van der Waals surface area (Å²) < 4.78 is 11.0. The number of carbonyl (C=O) groups is 1. The minimum absolute atomic E-state index is 0.0147. The number of nitrogens with two attached hydrogens (primary N) is 1. The largest absolute Gasteiger partial charge is 0.462 e. The quantitative estimate of drug-likeness (QED) is 0.784. The third kappa shape index (κ3) is 2.69. The third-order valence-electron chi connectivity index (χ3n) is 4.68. The lowest BCUT2D eigenvalue weighted by Crippen LogP contribution is -2.44. The Labute approximate surface area is 109 Å². The standard InChI is InChI=1S/C14H25NO3/c1-14(8-4-7-12(14)15)13(16)18-11-6-3-5-10(9-11)17-2/h10-12H,3-9,15H2,1-2H3. The highest BCUT2D eigenvalue weighted by molar-refractivity contribution is 5.78. The molecule has 2 aliphatic carbocycles. The number of esters is 1. The van der Waals surface area contributed by atoms with Crippen LogP contribution in [0.5, 0.6) is 0 Å². The van der Waals surface area contributed by atoms with Crippen molar-refractivity contribution >= 4 is 5.97 Å². The van der Waals surface area contributed by atoms with Gasteiger partial charge in [0.2, 0.25) is 0 Å². The van der Waals surface area contributed by atoms with Crippen molar-refractivity contribution < 1.29 is 14.3 Å². The van der Waals surface area contributed by atoms with Crippen LogP contribution in [-0.4, -0.2) is 31.3 Å². The molecule has 0 amide bonds. The van der Waals surface area contributed by atoms with E-state index in [0.29, 0.717) is 0 Å². The molecule has 0 aliphatic heterocycles. The lowest BCUT2D eigenvalue weighted by molar-refractivity contribution is -0.164. The molecule has 4 nitrogen and oxygen atoms in total. The van der Waals surface area contributed by atoms with Gasteiger partial charge in [0.15, 0.2) is 0 Å². The summed E-state index contributed by atoms with van der Waals surface area (Å²) in [5, 5.41) is 0. The molecule has 2 rings (SSSR count). The molecular weight excluding hydrogens is 230 g/mol. The minimum atomic E-state index is -0.472. The first-order chi connectivity index (χ1) is 8.56. The van der Waals surface area contributed by atoms with Crippen LogP contribution in [-0.2, 0) is 14.3 Å². The molecule has 2 fully saturated rings. The SMILES string of the molecule is COC1CCCC(OC(=O)C2(C)CCCC2N)C1. The summed E-state index contributed by atoms with van der Waals surface area (Å²) in [6.07, 6.45) is 6.98. The molecule has 0 aromatic heterocycles. The van der Waals surface area contributed by atoms with E-state index in [1.807, 2.05) is 6.92 Å². The second-order valence-electron chi connectivity index (χ2n) is 5.97. The fraction of sp³-hybridized carbons (Fsp3) is 0.929. The Morgan fingerprint density at radius 1 is 1.22 bits per heavy atom. The highest BCUT2D eigenvalue weighted by Gasteiger charge is 2.45. The topological polar surface area (TPSA) is 61.5 Å². The Kier molecular flexibility index (Phi) is 4.28. The highest BCUT2D eigenvalue weighted by Crippen LogP contribution is 2.38. The van der Waals surface area contributed by atoms with E-state index in [9.17, 15) is 4.79 Å². The van der Waals surface area contributed by atoms with Crippen LogP contribution in [0.25, 0.3) is 0 Å². The maximum Gasteiger partial charge on any atom is 0.313 e. The van der Waals surface area contributed by atoms with E-state index < -0.39 is 5.41 Å². The van der Waals surface area contributed by atoms with Gasteiger partial charge in [-0.15, -0.1) is 0 Å². The van der Waals surface area contributed by atoms with Crippen LogP contribution in [0, 0.1) is 5.41 Å². The maximum absolute atomic E-state index is 12.3. The van der Waals surface area contributed by atoms with Gasteiger partial charge in [0.05, 0.1) is 11.5 Å². The van der Waals surface area contributed by atoms with Crippen molar-refractivity contribution in [2.75, 3.05) is 7.11 Å². The van der Waals surface area contributed by atoms with E-state index in [0.717, 1.165) is 44.9 Å². The van der Waals surface area contributed by atoms with Gasteiger partial charge >= 0.3 is 5.97 Å². The smallest absolute Gasteiger partial charge is 0.313 e. The van der Waals surface area contributed by atoms with E-state index in [-0.39, 0.29) is 24.2 Å². The third-order valence-corrected chi connectivity index (χ3v) is 4.68. The van der Waals surface area contributed by atoms with E-state index in [1.165, 1.54) is 0 Å². The van der Waals surface area contributed by atoms with Crippen molar-refractivity contribution in [2.45, 2.75) is 70.1 Å². The van der Waals surface area contributed by atoms with Crippen LogP contribution in [0.1, 0.15) is 51.9 Å². The molecule has 4 atom stereocenters. The van der Waals surface area contributed by atoms with Gasteiger partial charge in [-0.2, -0.15) is 0 Å². The Morgan fingerprint density at radius 2 is 1.94 bits per heavy atom. The van der Waals surface area contributed by atoms with Gasteiger partial charge in [0, 0.05) is 19.6 Å². The lowest BCUT2D eigenvalue weighted by atomic mass is 9.85. The minimum Gasteiger partial charge on any atom is -0.462 e. The molecule has 0 aromatic rings. The molecule has 4 heteroatoms. The normalized spacial score (nSPS) is 40.7. The summed E-state index contributed by atoms with van der Waals surface area (Å²) in [4.78, 5) is 12.3. The average molecular weight is 255 g/mol. The predicted molar refractivity (Wildman–Crippen MR) is 69.1 cm³/mol. The number of carbonyl (C=O) groups excluding carboxylic acids is 1. The van der Waals surface area contributed by atoms with Gasteiger partial charge in [-0.1, -0.05) is 6.42 Å². The Balaban J connectivity index is 1.91. The molecule has 0 aromatic carbocycles. The molecule has 4 unspecified atom stereocenters. The molecule has 104 valence electrons. The number of ether oxygens (including phenoxy) is 2. The Morgan fingerprint density at radius 3 is 2.56 bits per heavy atom. The van der Waals surface area contributed by atoms with Gasteiger partial charge < -0.3 is 15.2 Å². The summed E-state index contributed by atoms with van der Waals surface area (Å²) >= 11 is 0. The monoisotopic (exact) mass is 255 g/mol. The zero-order valence-electron chi connectivity index (χ0n) is 11.5. The highest BCUT2D eigenvalue weighted by atomic mass is 16.5. The second-order valence-corrected chi connectivity index (χ2v) is 5.97. The van der Waals surface area contributed by atoms with E-state index in [4.69, 9.17) is 15.2 Å². The van der Waals surface area contributed by atoms with Crippen LogP contribution in [0.3, 0.4) is 0 Å². The van der Waals surface area contributed by atoms with E-state index in [2.05, 4.69) is 0 Å². The van der Waals surface area contributed by atoms with Gasteiger partial charge in [0.1, 0.15) is 6.10 Å². The Bertz CT molecular complexity index is 307. The molecule has 0 radical (unpaired) electrons. The molecule has 0 spiro atoms. The molecule has 0 saturated heterocycles. The van der Waals surface area contributed by atoms with E-state index >= 15 is 0 Å². The van der Waals surface area contributed by atoms with Crippen molar-refractivity contribution in [2.24, 2.45) is 11.1 Å². The zero-order chi connectivity index (χ0) is 13.2. The summed E-state index contributed by atoms with van der Waals surface area (Å²) in [6, 6.07) is -0.0492. The second kappa shape index (κ2) is 5.57. The van der Waals surface area contributed by atoms with Crippen molar-refractivity contribution in [1.82, 2.24) is 0 Å². The fourth-order valence-electron chi connectivity index (χ4n) is 3.16. The molecular formula is C14H25NO3.